The van der Waals surface area contributed by atoms with E-state index in [1.165, 1.54) is 0 Å². The fourth-order valence-electron chi connectivity index (χ4n) is 2.01. The average Bonchev–Trinajstić information content (AvgIpc) is 2.39. The third-order valence-corrected chi connectivity index (χ3v) is 2.98. The van der Waals surface area contributed by atoms with Crippen LogP contribution in [-0.2, 0) is 4.74 Å². The molecule has 16 heavy (non-hydrogen) atoms. The van der Waals surface area contributed by atoms with E-state index in [4.69, 9.17) is 10.00 Å². The third kappa shape index (κ3) is 2.15. The zero-order valence-electron chi connectivity index (χ0n) is 9.39. The number of rotatable bonds is 2. The van der Waals surface area contributed by atoms with E-state index < -0.39 is 0 Å². The van der Waals surface area contributed by atoms with E-state index in [-0.39, 0.29) is 0 Å². The molecule has 0 spiro atoms. The molecule has 4 heteroatoms. The maximum Gasteiger partial charge on any atom is 0.146 e. The first-order chi connectivity index (χ1) is 7.83. The van der Waals surface area contributed by atoms with Crippen molar-refractivity contribution >= 4 is 5.82 Å². The third-order valence-electron chi connectivity index (χ3n) is 2.98. The molecular weight excluding hydrogens is 202 g/mol. The SMILES string of the molecule is CN(c1ncccc1C#N)C1CCOCC1. The van der Waals surface area contributed by atoms with E-state index >= 15 is 0 Å². The van der Waals surface area contributed by atoms with Crippen LogP contribution in [0.4, 0.5) is 5.82 Å². The van der Waals surface area contributed by atoms with Gasteiger partial charge in [-0.3, -0.25) is 0 Å². The minimum atomic E-state index is 0.427. The molecule has 4 nitrogen and oxygen atoms in total. The normalized spacial score (nSPS) is 16.8. The first-order valence-corrected chi connectivity index (χ1v) is 5.48. The van der Waals surface area contributed by atoms with Crippen LogP contribution < -0.4 is 4.90 Å². The number of hydrogen-bond acceptors (Lipinski definition) is 4. The van der Waals surface area contributed by atoms with E-state index in [2.05, 4.69) is 16.0 Å². The lowest BCUT2D eigenvalue weighted by Gasteiger charge is -2.32. The van der Waals surface area contributed by atoms with Gasteiger partial charge in [-0.15, -0.1) is 0 Å². The monoisotopic (exact) mass is 217 g/mol. The number of hydrogen-bond donors (Lipinski definition) is 0. The molecule has 1 aliphatic heterocycles. The van der Waals surface area contributed by atoms with Crippen LogP contribution in [0, 0.1) is 11.3 Å². The van der Waals surface area contributed by atoms with Gasteiger partial charge in [0.2, 0.25) is 0 Å². The molecule has 0 aromatic carbocycles. The van der Waals surface area contributed by atoms with Crippen LogP contribution in [-0.4, -0.2) is 31.3 Å². The summed E-state index contributed by atoms with van der Waals surface area (Å²) < 4.78 is 5.33. The summed E-state index contributed by atoms with van der Waals surface area (Å²) in [5, 5.41) is 9.02. The van der Waals surface area contributed by atoms with Crippen molar-refractivity contribution in [3.63, 3.8) is 0 Å². The molecule has 0 saturated carbocycles. The highest BCUT2D eigenvalue weighted by molar-refractivity contribution is 5.53. The Hall–Kier alpha value is -1.60. The van der Waals surface area contributed by atoms with Gasteiger partial charge in [-0.1, -0.05) is 0 Å². The van der Waals surface area contributed by atoms with Crippen LogP contribution in [0.15, 0.2) is 18.3 Å². The quantitative estimate of drug-likeness (QED) is 0.754. The number of nitrogens with zero attached hydrogens (tertiary/aromatic N) is 3. The van der Waals surface area contributed by atoms with Gasteiger partial charge in [-0.05, 0) is 25.0 Å². The molecule has 1 fully saturated rings. The molecule has 2 rings (SSSR count). The minimum Gasteiger partial charge on any atom is -0.381 e. The molecule has 1 aromatic heterocycles. The van der Waals surface area contributed by atoms with Gasteiger partial charge in [0.25, 0.3) is 0 Å². The predicted octanol–water partition coefficient (Wildman–Crippen LogP) is 1.57. The summed E-state index contributed by atoms with van der Waals surface area (Å²) >= 11 is 0. The molecule has 2 heterocycles. The van der Waals surface area contributed by atoms with Crippen LogP contribution in [0.1, 0.15) is 18.4 Å². The molecule has 0 unspecified atom stereocenters. The van der Waals surface area contributed by atoms with Crippen LogP contribution in [0.2, 0.25) is 0 Å². The second-order valence-corrected chi connectivity index (χ2v) is 3.94. The Morgan fingerprint density at radius 1 is 1.50 bits per heavy atom. The highest BCUT2D eigenvalue weighted by atomic mass is 16.5. The van der Waals surface area contributed by atoms with E-state index in [1.807, 2.05) is 7.05 Å². The van der Waals surface area contributed by atoms with Gasteiger partial charge in [-0.25, -0.2) is 4.98 Å². The van der Waals surface area contributed by atoms with Crippen LogP contribution in [0.3, 0.4) is 0 Å². The summed E-state index contributed by atoms with van der Waals surface area (Å²) in [5.74, 6) is 0.775. The number of aromatic nitrogens is 1. The maximum atomic E-state index is 9.02. The predicted molar refractivity (Wildman–Crippen MR) is 61.2 cm³/mol. The molecule has 0 N–H and O–H groups in total. The van der Waals surface area contributed by atoms with E-state index in [1.54, 1.807) is 18.3 Å². The first-order valence-electron chi connectivity index (χ1n) is 5.48. The highest BCUT2D eigenvalue weighted by Crippen LogP contribution is 2.21. The summed E-state index contributed by atoms with van der Waals surface area (Å²) in [5.41, 5.74) is 0.636. The zero-order valence-corrected chi connectivity index (χ0v) is 9.39. The van der Waals surface area contributed by atoms with Crippen molar-refractivity contribution < 1.29 is 4.74 Å². The van der Waals surface area contributed by atoms with E-state index in [0.717, 1.165) is 31.9 Å². The summed E-state index contributed by atoms with van der Waals surface area (Å²) in [6.45, 7) is 1.59. The first kappa shape index (κ1) is 10.9. The van der Waals surface area contributed by atoms with Crippen molar-refractivity contribution in [1.29, 1.82) is 5.26 Å². The summed E-state index contributed by atoms with van der Waals surface area (Å²) in [6, 6.07) is 6.20. The number of ether oxygens (including phenoxy) is 1. The minimum absolute atomic E-state index is 0.427. The molecule has 0 bridgehead atoms. The lowest BCUT2D eigenvalue weighted by Crippen LogP contribution is -2.37. The Balaban J connectivity index is 2.19. The fourth-order valence-corrected chi connectivity index (χ4v) is 2.01. The topological polar surface area (TPSA) is 49.2 Å². The molecule has 84 valence electrons. The average molecular weight is 217 g/mol. The Kier molecular flexibility index (Phi) is 3.37. The highest BCUT2D eigenvalue weighted by Gasteiger charge is 2.21. The molecule has 1 saturated heterocycles. The standard InChI is InChI=1S/C12H15N3O/c1-15(11-4-7-16-8-5-11)12-10(9-13)3-2-6-14-12/h2-3,6,11H,4-5,7-8H2,1H3. The Bertz CT molecular complexity index is 393. The summed E-state index contributed by atoms with van der Waals surface area (Å²) in [4.78, 5) is 6.39. The molecule has 0 aliphatic carbocycles. The summed E-state index contributed by atoms with van der Waals surface area (Å²) in [6.07, 6.45) is 3.72. The second kappa shape index (κ2) is 4.95. The van der Waals surface area contributed by atoms with Crippen molar-refractivity contribution in [3.05, 3.63) is 23.9 Å². The van der Waals surface area contributed by atoms with Crippen LogP contribution in [0.25, 0.3) is 0 Å². The molecule has 1 aromatic rings. The van der Waals surface area contributed by atoms with Gasteiger partial charge >= 0.3 is 0 Å². The van der Waals surface area contributed by atoms with Gasteiger partial charge in [0.15, 0.2) is 0 Å². The Morgan fingerprint density at radius 2 is 2.25 bits per heavy atom. The molecule has 0 amide bonds. The second-order valence-electron chi connectivity index (χ2n) is 3.94. The number of nitriles is 1. The van der Waals surface area contributed by atoms with E-state index in [9.17, 15) is 0 Å². The molecule has 0 atom stereocenters. The van der Waals surface area contributed by atoms with Crippen molar-refractivity contribution in [1.82, 2.24) is 4.98 Å². The van der Waals surface area contributed by atoms with Crippen molar-refractivity contribution in [2.75, 3.05) is 25.2 Å². The fraction of sp³-hybridized carbons (Fsp3) is 0.500. The van der Waals surface area contributed by atoms with E-state index in [0.29, 0.717) is 11.6 Å². The summed E-state index contributed by atoms with van der Waals surface area (Å²) in [7, 11) is 2.00. The van der Waals surface area contributed by atoms with Crippen molar-refractivity contribution in [3.8, 4) is 6.07 Å². The number of pyridine rings is 1. The number of anilines is 1. The van der Waals surface area contributed by atoms with Gasteiger partial charge < -0.3 is 9.64 Å². The van der Waals surface area contributed by atoms with Gasteiger partial charge in [-0.2, -0.15) is 5.26 Å². The van der Waals surface area contributed by atoms with Gasteiger partial charge in [0.05, 0.1) is 5.56 Å². The van der Waals surface area contributed by atoms with Crippen LogP contribution >= 0.6 is 0 Å². The maximum absolute atomic E-state index is 9.02. The van der Waals surface area contributed by atoms with Crippen LogP contribution in [0.5, 0.6) is 0 Å². The van der Waals surface area contributed by atoms with Crippen molar-refractivity contribution in [2.45, 2.75) is 18.9 Å². The smallest absolute Gasteiger partial charge is 0.146 e. The van der Waals surface area contributed by atoms with Gasteiger partial charge in [0.1, 0.15) is 11.9 Å². The molecular formula is C12H15N3O. The largest absolute Gasteiger partial charge is 0.381 e. The molecule has 1 aliphatic rings. The van der Waals surface area contributed by atoms with Gasteiger partial charge in [0, 0.05) is 32.5 Å². The lowest BCUT2D eigenvalue weighted by molar-refractivity contribution is 0.0853. The zero-order chi connectivity index (χ0) is 11.4. The Labute approximate surface area is 95.5 Å². The Morgan fingerprint density at radius 3 is 2.94 bits per heavy atom. The molecule has 0 radical (unpaired) electrons. The lowest BCUT2D eigenvalue weighted by atomic mass is 10.1. The van der Waals surface area contributed by atoms with Crippen molar-refractivity contribution in [2.24, 2.45) is 0 Å².